The maximum atomic E-state index is 6.13. The Kier molecular flexibility index (Phi) is 7.44. The second-order valence-corrected chi connectivity index (χ2v) is 5.46. The van der Waals surface area contributed by atoms with Crippen molar-refractivity contribution >= 4 is 12.4 Å². The van der Waals surface area contributed by atoms with Gasteiger partial charge in [0.15, 0.2) is 0 Å². The van der Waals surface area contributed by atoms with Crippen LogP contribution in [0.1, 0.15) is 38.5 Å². The summed E-state index contributed by atoms with van der Waals surface area (Å²) in [4.78, 5) is 2.56. The largest absolute Gasteiger partial charge is 0.327 e. The molecule has 0 radical (unpaired) electrons. The van der Waals surface area contributed by atoms with Crippen LogP contribution in [0.15, 0.2) is 0 Å². The molecule has 2 atom stereocenters. The molecule has 1 heterocycles. The highest BCUT2D eigenvalue weighted by Gasteiger charge is 2.21. The van der Waals surface area contributed by atoms with Gasteiger partial charge in [0.25, 0.3) is 0 Å². The van der Waals surface area contributed by atoms with E-state index >= 15 is 0 Å². The van der Waals surface area contributed by atoms with Crippen LogP contribution in [0.2, 0.25) is 0 Å². The summed E-state index contributed by atoms with van der Waals surface area (Å²) < 4.78 is 0. The van der Waals surface area contributed by atoms with Gasteiger partial charge >= 0.3 is 0 Å². The lowest BCUT2D eigenvalue weighted by atomic mass is 9.85. The fourth-order valence-corrected chi connectivity index (χ4v) is 3.02. The van der Waals surface area contributed by atoms with Gasteiger partial charge in [0.05, 0.1) is 0 Å². The molecular weight excluding hydrogens is 234 g/mol. The highest BCUT2D eigenvalue weighted by atomic mass is 35.5. The summed E-state index contributed by atoms with van der Waals surface area (Å²) in [5, 5.41) is 3.59. The molecule has 3 N–H and O–H groups in total. The van der Waals surface area contributed by atoms with Crippen molar-refractivity contribution in [2.24, 2.45) is 11.7 Å². The van der Waals surface area contributed by atoms with E-state index in [1.807, 2.05) is 0 Å². The molecule has 1 saturated carbocycles. The predicted molar refractivity (Wildman–Crippen MR) is 75.7 cm³/mol. The number of nitrogens with zero attached hydrogens (tertiary/aromatic N) is 1. The smallest absolute Gasteiger partial charge is 0.0107 e. The summed E-state index contributed by atoms with van der Waals surface area (Å²) in [5.74, 6) is 0.729. The number of nitrogens with one attached hydrogen (secondary N) is 1. The van der Waals surface area contributed by atoms with Gasteiger partial charge in [-0.05, 0) is 51.2 Å². The van der Waals surface area contributed by atoms with Gasteiger partial charge in [-0.2, -0.15) is 0 Å². The summed E-state index contributed by atoms with van der Waals surface area (Å²) in [6.45, 7) is 6.12. The van der Waals surface area contributed by atoms with Crippen molar-refractivity contribution in [2.75, 3.05) is 32.7 Å². The molecule has 0 bridgehead atoms. The molecular formula is C13H28ClN3. The third-order valence-corrected chi connectivity index (χ3v) is 4.18. The van der Waals surface area contributed by atoms with Crippen molar-refractivity contribution in [2.45, 2.75) is 44.6 Å². The van der Waals surface area contributed by atoms with Gasteiger partial charge in [0.2, 0.25) is 0 Å². The molecule has 2 rings (SSSR count). The first-order valence-corrected chi connectivity index (χ1v) is 7.05. The summed E-state index contributed by atoms with van der Waals surface area (Å²) in [7, 11) is 0. The van der Waals surface area contributed by atoms with Crippen LogP contribution >= 0.6 is 12.4 Å². The zero-order valence-electron chi connectivity index (χ0n) is 10.9. The van der Waals surface area contributed by atoms with Gasteiger partial charge in [0.1, 0.15) is 0 Å². The zero-order chi connectivity index (χ0) is 11.2. The normalized spacial score (nSPS) is 30.2. The van der Waals surface area contributed by atoms with Gasteiger partial charge in [-0.25, -0.2) is 0 Å². The molecule has 0 spiro atoms. The van der Waals surface area contributed by atoms with Gasteiger partial charge in [-0.3, -0.25) is 0 Å². The van der Waals surface area contributed by atoms with Crippen LogP contribution in [-0.2, 0) is 0 Å². The maximum absolute atomic E-state index is 6.13. The number of rotatable bonds is 5. The minimum Gasteiger partial charge on any atom is -0.327 e. The van der Waals surface area contributed by atoms with Crippen molar-refractivity contribution in [3.63, 3.8) is 0 Å². The van der Waals surface area contributed by atoms with Crippen molar-refractivity contribution in [3.8, 4) is 0 Å². The van der Waals surface area contributed by atoms with E-state index in [2.05, 4.69) is 10.2 Å². The number of likely N-dealkylation sites (tertiary alicyclic amines) is 1. The molecule has 0 aromatic rings. The lowest BCUT2D eigenvalue weighted by molar-refractivity contribution is 0.284. The first-order valence-electron chi connectivity index (χ1n) is 7.05. The Bertz CT molecular complexity index is 195. The number of hydrogen-bond donors (Lipinski definition) is 2. The zero-order valence-corrected chi connectivity index (χ0v) is 11.7. The van der Waals surface area contributed by atoms with E-state index < -0.39 is 0 Å². The van der Waals surface area contributed by atoms with E-state index in [9.17, 15) is 0 Å². The van der Waals surface area contributed by atoms with Crippen molar-refractivity contribution in [3.05, 3.63) is 0 Å². The van der Waals surface area contributed by atoms with Crippen LogP contribution in [0.4, 0.5) is 0 Å². The Balaban J connectivity index is 0.00000144. The Morgan fingerprint density at radius 2 is 1.76 bits per heavy atom. The third-order valence-electron chi connectivity index (χ3n) is 4.18. The van der Waals surface area contributed by atoms with E-state index in [-0.39, 0.29) is 12.4 Å². The molecule has 1 aliphatic carbocycles. The summed E-state index contributed by atoms with van der Waals surface area (Å²) >= 11 is 0. The van der Waals surface area contributed by atoms with Gasteiger partial charge in [-0.1, -0.05) is 12.8 Å². The van der Waals surface area contributed by atoms with Crippen molar-refractivity contribution in [1.29, 1.82) is 0 Å². The molecule has 1 aliphatic heterocycles. The molecule has 3 nitrogen and oxygen atoms in total. The molecule has 102 valence electrons. The minimum absolute atomic E-state index is 0. The highest BCUT2D eigenvalue weighted by Crippen LogP contribution is 2.22. The SMILES string of the molecule is Cl.NC1CCCCC1CNCCN1CCCC1. The van der Waals surface area contributed by atoms with Crippen LogP contribution in [0.3, 0.4) is 0 Å². The highest BCUT2D eigenvalue weighted by molar-refractivity contribution is 5.85. The quantitative estimate of drug-likeness (QED) is 0.739. The van der Waals surface area contributed by atoms with Crippen LogP contribution in [0, 0.1) is 5.92 Å². The standard InChI is InChI=1S/C13H27N3.ClH/c14-13-6-2-1-5-12(13)11-15-7-10-16-8-3-4-9-16;/h12-13,15H,1-11,14H2;1H. The van der Waals surface area contributed by atoms with Crippen molar-refractivity contribution < 1.29 is 0 Å². The number of halogens is 1. The van der Waals surface area contributed by atoms with Gasteiger partial charge < -0.3 is 16.0 Å². The fourth-order valence-electron chi connectivity index (χ4n) is 3.02. The van der Waals surface area contributed by atoms with Gasteiger partial charge in [-0.15, -0.1) is 12.4 Å². The molecule has 17 heavy (non-hydrogen) atoms. The predicted octanol–water partition coefficient (Wildman–Crippen LogP) is 1.61. The number of nitrogens with two attached hydrogens (primary N) is 1. The average Bonchev–Trinajstić information content (AvgIpc) is 2.79. The van der Waals surface area contributed by atoms with E-state index in [1.54, 1.807) is 0 Å². The van der Waals surface area contributed by atoms with Crippen LogP contribution in [0.25, 0.3) is 0 Å². The molecule has 1 saturated heterocycles. The van der Waals surface area contributed by atoms with Crippen LogP contribution in [0.5, 0.6) is 0 Å². The van der Waals surface area contributed by atoms with E-state index in [0.717, 1.165) is 19.0 Å². The summed E-state index contributed by atoms with van der Waals surface area (Å²) in [6, 6.07) is 0.452. The average molecular weight is 262 g/mol. The Morgan fingerprint density at radius 1 is 1.06 bits per heavy atom. The second kappa shape index (κ2) is 8.30. The maximum Gasteiger partial charge on any atom is 0.0107 e. The topological polar surface area (TPSA) is 41.3 Å². The van der Waals surface area contributed by atoms with E-state index in [1.165, 1.54) is 58.2 Å². The molecule has 2 unspecified atom stereocenters. The Morgan fingerprint density at radius 3 is 2.47 bits per heavy atom. The lowest BCUT2D eigenvalue weighted by Gasteiger charge is -2.29. The van der Waals surface area contributed by atoms with E-state index in [0.29, 0.717) is 6.04 Å². The lowest BCUT2D eigenvalue weighted by Crippen LogP contribution is -2.41. The molecule has 0 aromatic heterocycles. The van der Waals surface area contributed by atoms with E-state index in [4.69, 9.17) is 5.73 Å². The molecule has 2 aliphatic rings. The summed E-state index contributed by atoms with van der Waals surface area (Å²) in [6.07, 6.45) is 8.08. The third kappa shape index (κ3) is 5.12. The van der Waals surface area contributed by atoms with Gasteiger partial charge in [0, 0.05) is 19.1 Å². The molecule has 0 amide bonds. The van der Waals surface area contributed by atoms with Crippen LogP contribution in [-0.4, -0.2) is 43.7 Å². The first-order chi connectivity index (χ1) is 7.86. The Hall–Kier alpha value is 0.170. The number of hydrogen-bond acceptors (Lipinski definition) is 3. The first kappa shape index (κ1) is 15.2. The molecule has 0 aromatic carbocycles. The molecule has 2 fully saturated rings. The van der Waals surface area contributed by atoms with Crippen LogP contribution < -0.4 is 11.1 Å². The Labute approximate surface area is 112 Å². The summed E-state index contributed by atoms with van der Waals surface area (Å²) in [5.41, 5.74) is 6.13. The fraction of sp³-hybridized carbons (Fsp3) is 1.00. The molecule has 4 heteroatoms. The van der Waals surface area contributed by atoms with Crippen molar-refractivity contribution in [1.82, 2.24) is 10.2 Å². The second-order valence-electron chi connectivity index (χ2n) is 5.46. The minimum atomic E-state index is 0. The monoisotopic (exact) mass is 261 g/mol.